The third kappa shape index (κ3) is 2.72. The molecule has 0 fully saturated rings. The molecule has 6 nitrogen and oxygen atoms in total. The van der Waals surface area contributed by atoms with Crippen molar-refractivity contribution in [3.8, 4) is 33.8 Å². The average molecular weight is 496 g/mol. The minimum Gasteiger partial charge on any atom is -0.292 e. The minimum absolute atomic E-state index is 0.136. The first-order valence-electron chi connectivity index (χ1n) is 10.1. The zero-order valence-corrected chi connectivity index (χ0v) is 19.7. The number of fused-ring (bicyclic) bond motifs is 6. The lowest BCUT2D eigenvalue weighted by Gasteiger charge is -2.29. The van der Waals surface area contributed by atoms with Gasteiger partial charge in [-0.3, -0.25) is 9.05 Å². The number of benzene rings is 4. The van der Waals surface area contributed by atoms with Gasteiger partial charge in [0.15, 0.2) is 22.1 Å². The largest absolute Gasteiger partial charge is 0.510 e. The first kappa shape index (κ1) is 20.8. The van der Waals surface area contributed by atoms with Gasteiger partial charge in [-0.25, -0.2) is 0 Å². The fourth-order valence-corrected chi connectivity index (χ4v) is 17.1. The van der Waals surface area contributed by atoms with Gasteiger partial charge in [-0.1, -0.05) is 60.7 Å². The third-order valence-electron chi connectivity index (χ3n) is 5.84. The maximum absolute atomic E-state index is 14.3. The van der Waals surface area contributed by atoms with Crippen LogP contribution >= 0.6 is 13.8 Å². The van der Waals surface area contributed by atoms with Crippen molar-refractivity contribution in [1.82, 2.24) is 0 Å². The summed E-state index contributed by atoms with van der Waals surface area (Å²) in [6.07, 6.45) is 0. The second kappa shape index (κ2) is 7.10. The quantitative estimate of drug-likeness (QED) is 0.392. The van der Waals surface area contributed by atoms with Crippen molar-refractivity contribution in [2.24, 2.45) is 0 Å². The maximum Gasteiger partial charge on any atom is 0.510 e. The van der Waals surface area contributed by atoms with Crippen molar-refractivity contribution < 1.29 is 27.3 Å². The SMILES string of the molecule is O=S(=O)([P+]1(O)Oc2ccccc2-c2ccccc21)[P+]1(O)Oc2ccccc2-c2ccccc21. The Balaban J connectivity index is 1.61. The van der Waals surface area contributed by atoms with Gasteiger partial charge >= 0.3 is 22.9 Å². The molecule has 0 spiro atoms. The van der Waals surface area contributed by atoms with Gasteiger partial charge in [-0.2, -0.15) is 9.79 Å². The molecule has 0 aromatic heterocycles. The molecule has 0 saturated carbocycles. The molecule has 2 aliphatic rings. The van der Waals surface area contributed by atoms with E-state index in [0.29, 0.717) is 22.3 Å². The zero-order chi connectivity index (χ0) is 22.8. The van der Waals surface area contributed by atoms with Crippen LogP contribution in [0, 0.1) is 0 Å². The summed E-state index contributed by atoms with van der Waals surface area (Å²) in [4.78, 5) is 23.8. The predicted octanol–water partition coefficient (Wildman–Crippen LogP) is 4.68. The Morgan fingerprint density at radius 2 is 0.848 bits per heavy atom. The van der Waals surface area contributed by atoms with Crippen LogP contribution in [0.15, 0.2) is 97.1 Å². The second-order valence-corrected chi connectivity index (χ2v) is 18.7. The van der Waals surface area contributed by atoms with Crippen molar-refractivity contribution >= 4 is 33.5 Å². The van der Waals surface area contributed by atoms with Crippen molar-refractivity contribution in [2.75, 3.05) is 0 Å². The first-order valence-corrected chi connectivity index (χ1v) is 16.1. The van der Waals surface area contributed by atoms with E-state index >= 15 is 0 Å². The molecule has 2 atom stereocenters. The Bertz CT molecular complexity index is 1430. The molecule has 0 saturated heterocycles. The van der Waals surface area contributed by atoms with Gasteiger partial charge in [0.1, 0.15) is 0 Å². The van der Waals surface area contributed by atoms with E-state index in [-0.39, 0.29) is 22.1 Å². The van der Waals surface area contributed by atoms with Crippen LogP contribution in [-0.4, -0.2) is 18.2 Å². The minimum atomic E-state index is -4.81. The van der Waals surface area contributed by atoms with Gasteiger partial charge in [0.25, 0.3) is 0 Å². The van der Waals surface area contributed by atoms with Crippen LogP contribution in [0.1, 0.15) is 0 Å². The van der Waals surface area contributed by atoms with Gasteiger partial charge in [0, 0.05) is 22.3 Å². The lowest BCUT2D eigenvalue weighted by atomic mass is 10.0. The summed E-state index contributed by atoms with van der Waals surface area (Å²) < 4.78 is 40.4. The van der Waals surface area contributed by atoms with Crippen LogP contribution in [0.5, 0.6) is 11.5 Å². The molecule has 0 aliphatic carbocycles. The third-order valence-corrected chi connectivity index (χ3v) is 19.3. The maximum atomic E-state index is 14.3. The number of para-hydroxylation sites is 2. The molecule has 0 bridgehead atoms. The summed E-state index contributed by atoms with van der Waals surface area (Å²) in [5.74, 6) is 0.487. The number of hydrogen-bond acceptors (Lipinski definition) is 6. The van der Waals surface area contributed by atoms with E-state index in [1.807, 2.05) is 12.1 Å². The molecule has 2 aliphatic heterocycles. The Hall–Kier alpha value is -2.79. The van der Waals surface area contributed by atoms with Gasteiger partial charge in [-0.05, 0) is 36.4 Å². The molecule has 9 heteroatoms. The molecule has 4 aromatic carbocycles. The highest BCUT2D eigenvalue weighted by Gasteiger charge is 2.80. The lowest BCUT2D eigenvalue weighted by Crippen LogP contribution is -2.35. The van der Waals surface area contributed by atoms with E-state index in [4.69, 9.17) is 9.05 Å². The van der Waals surface area contributed by atoms with E-state index in [9.17, 15) is 18.2 Å². The Morgan fingerprint density at radius 3 is 1.27 bits per heavy atom. The first-order chi connectivity index (χ1) is 15.9. The zero-order valence-electron chi connectivity index (χ0n) is 17.1. The van der Waals surface area contributed by atoms with E-state index in [1.165, 1.54) is 12.1 Å². The summed E-state index contributed by atoms with van der Waals surface area (Å²) in [5.41, 5.74) is 2.45. The smallest absolute Gasteiger partial charge is 0.292 e. The fourth-order valence-electron chi connectivity index (χ4n) is 4.29. The summed E-state index contributed by atoms with van der Waals surface area (Å²) in [6.45, 7) is -8.89. The summed E-state index contributed by atoms with van der Waals surface area (Å²) in [6, 6.07) is 27.2. The van der Waals surface area contributed by atoms with E-state index < -0.39 is 22.9 Å². The van der Waals surface area contributed by atoms with E-state index in [2.05, 4.69) is 0 Å². The lowest BCUT2D eigenvalue weighted by molar-refractivity contribution is 0.470. The number of rotatable bonds is 2. The van der Waals surface area contributed by atoms with Gasteiger partial charge in [0.2, 0.25) is 0 Å². The van der Waals surface area contributed by atoms with Crippen molar-refractivity contribution in [3.63, 3.8) is 0 Å². The molecule has 2 heterocycles. The Morgan fingerprint density at radius 1 is 0.515 bits per heavy atom. The van der Waals surface area contributed by atoms with Crippen molar-refractivity contribution in [3.05, 3.63) is 97.1 Å². The topological polar surface area (TPSA) is 93.1 Å². The van der Waals surface area contributed by atoms with Crippen LogP contribution in [0.3, 0.4) is 0 Å². The molecule has 4 aromatic rings. The van der Waals surface area contributed by atoms with Crippen LogP contribution in [-0.2, 0) is 9.08 Å². The fraction of sp³-hybridized carbons (Fsp3) is 0. The summed E-state index contributed by atoms with van der Waals surface area (Å²) in [5, 5.41) is 0.272. The van der Waals surface area contributed by atoms with Crippen LogP contribution in [0.25, 0.3) is 22.3 Å². The van der Waals surface area contributed by atoms with Crippen LogP contribution in [0.2, 0.25) is 0 Å². The highest BCUT2D eigenvalue weighted by atomic mass is 33.1. The Labute approximate surface area is 191 Å². The van der Waals surface area contributed by atoms with Gasteiger partial charge < -0.3 is 0 Å². The highest BCUT2D eigenvalue weighted by molar-refractivity contribution is 8.86. The standard InChI is InChI=1S/C24H18O6P2S/c25-31(23-15-7-3-11-19(23)17-9-1-5-13-21(17)29-31)33(27,28)32(26)24-16-8-4-12-20(24)18-10-2-6-14-22(18)30-32/h1-16,25-26H/q+2. The molecule has 33 heavy (non-hydrogen) atoms. The number of hydrogen-bond donors (Lipinski definition) is 2. The average Bonchev–Trinajstić information content (AvgIpc) is 2.84. The molecule has 0 amide bonds. The van der Waals surface area contributed by atoms with Gasteiger partial charge in [-0.15, -0.1) is 8.42 Å². The molecule has 2 N–H and O–H groups in total. The molecule has 2 unspecified atom stereocenters. The second-order valence-electron chi connectivity index (χ2n) is 7.70. The summed E-state index contributed by atoms with van der Waals surface area (Å²) in [7, 11) is -4.81. The predicted molar refractivity (Wildman–Crippen MR) is 131 cm³/mol. The van der Waals surface area contributed by atoms with Crippen molar-refractivity contribution in [2.45, 2.75) is 0 Å². The van der Waals surface area contributed by atoms with Crippen LogP contribution in [0.4, 0.5) is 0 Å². The monoisotopic (exact) mass is 496 g/mol. The molecule has 0 radical (unpaired) electrons. The molecular formula is C24H18O6P2S+2. The summed E-state index contributed by atoms with van der Waals surface area (Å²) >= 11 is 0. The molecular weight excluding hydrogens is 478 g/mol. The van der Waals surface area contributed by atoms with E-state index in [0.717, 1.165) is 0 Å². The Kier molecular flexibility index (Phi) is 4.47. The normalized spacial score (nSPS) is 22.6. The van der Waals surface area contributed by atoms with E-state index in [1.54, 1.807) is 72.8 Å². The van der Waals surface area contributed by atoms with Crippen molar-refractivity contribution in [1.29, 1.82) is 0 Å². The highest BCUT2D eigenvalue weighted by Crippen LogP contribution is 2.80. The molecule has 164 valence electrons. The van der Waals surface area contributed by atoms with Crippen LogP contribution < -0.4 is 19.7 Å². The van der Waals surface area contributed by atoms with Gasteiger partial charge in [0.05, 0.1) is 0 Å². The molecule has 6 rings (SSSR count).